The zero-order valence-electron chi connectivity index (χ0n) is 3.52. The number of halogens is 1. The lowest BCUT2D eigenvalue weighted by Gasteiger charge is -1.95. The molecule has 0 aliphatic heterocycles. The van der Waals surface area contributed by atoms with Crippen molar-refractivity contribution in [2.24, 2.45) is 0 Å². The van der Waals surface area contributed by atoms with Gasteiger partial charge in [-0.15, -0.1) is 0 Å². The van der Waals surface area contributed by atoms with Gasteiger partial charge < -0.3 is 9.22 Å². The number of hydrogen-bond donors (Lipinski definition) is 1. The van der Waals surface area contributed by atoms with Crippen LogP contribution >= 0.6 is 11.6 Å². The van der Waals surface area contributed by atoms with E-state index in [0.29, 0.717) is 0 Å². The van der Waals surface area contributed by atoms with E-state index < -0.39 is 9.28 Å². The highest BCUT2D eigenvalue weighted by atomic mass is 35.5. The minimum atomic E-state index is -1.80. The molecule has 6 heavy (non-hydrogen) atoms. The molecule has 1 N–H and O–H groups in total. The predicted molar refractivity (Wildman–Crippen MR) is 27.0 cm³/mol. The van der Waals surface area contributed by atoms with E-state index in [-0.39, 0.29) is 6.07 Å². The van der Waals surface area contributed by atoms with Gasteiger partial charge in [0.25, 0.3) is 0 Å². The van der Waals surface area contributed by atoms with Crippen molar-refractivity contribution in [1.82, 2.24) is 0 Å². The maximum atomic E-state index is 8.38. The highest BCUT2D eigenvalue weighted by Gasteiger charge is 1.92. The van der Waals surface area contributed by atoms with Gasteiger partial charge in [0.15, 0.2) is 0 Å². The van der Waals surface area contributed by atoms with Gasteiger partial charge in [-0.3, -0.25) is 0 Å². The second-order valence-corrected chi connectivity index (χ2v) is 2.63. The van der Waals surface area contributed by atoms with Crippen molar-refractivity contribution in [3.05, 3.63) is 0 Å². The summed E-state index contributed by atoms with van der Waals surface area (Å²) >= 11 is 5.05. The molecule has 0 aromatic heterocycles. The highest BCUT2D eigenvalue weighted by molar-refractivity contribution is 6.41. The lowest BCUT2D eigenvalue weighted by atomic mass is 11.7. The highest BCUT2D eigenvalue weighted by Crippen LogP contribution is 1.80. The average molecular weight is 127 g/mol. The van der Waals surface area contributed by atoms with Gasteiger partial charge in [-0.05, 0) is 6.55 Å². The van der Waals surface area contributed by atoms with Gasteiger partial charge in [0.1, 0.15) is 6.07 Å². The number of alkyl halides is 1. The van der Waals surface area contributed by atoms with Crippen LogP contribution in [0.3, 0.4) is 0 Å². The van der Waals surface area contributed by atoms with Crippen LogP contribution in [0, 0.1) is 0 Å². The van der Waals surface area contributed by atoms with Crippen LogP contribution in [0.2, 0.25) is 6.55 Å². The molecule has 0 amide bonds. The van der Waals surface area contributed by atoms with Crippen LogP contribution in [-0.2, 0) is 4.43 Å². The molecule has 1 unspecified atom stereocenters. The lowest BCUT2D eigenvalue weighted by Crippen LogP contribution is -2.09. The quantitative estimate of drug-likeness (QED) is 0.418. The van der Waals surface area contributed by atoms with Crippen LogP contribution in [0.4, 0.5) is 0 Å². The van der Waals surface area contributed by atoms with Gasteiger partial charge in [-0.2, -0.15) is 0 Å². The summed E-state index contributed by atoms with van der Waals surface area (Å²) in [5.41, 5.74) is 0. The van der Waals surface area contributed by atoms with Gasteiger partial charge in [0, 0.05) is 0 Å². The van der Waals surface area contributed by atoms with Crippen molar-refractivity contribution < 1.29 is 9.22 Å². The van der Waals surface area contributed by atoms with Gasteiger partial charge >= 0.3 is 9.28 Å². The second kappa shape index (κ2) is 3.61. The molecule has 0 aromatic carbocycles. The van der Waals surface area contributed by atoms with E-state index in [1.807, 2.05) is 0 Å². The van der Waals surface area contributed by atoms with Crippen LogP contribution in [0.25, 0.3) is 0 Å². The summed E-state index contributed by atoms with van der Waals surface area (Å²) < 4.78 is 4.50. The van der Waals surface area contributed by atoms with Gasteiger partial charge in [-0.25, -0.2) is 0 Å². The Bertz CT molecular complexity index is 32.7. The maximum Gasteiger partial charge on any atom is 0.316 e. The van der Waals surface area contributed by atoms with Gasteiger partial charge in [0.2, 0.25) is 0 Å². The second-order valence-electron chi connectivity index (χ2n) is 0.875. The molecule has 38 valence electrons. The SMILES string of the molecule is C[SiH](O)OCCl. The monoisotopic (exact) mass is 126 g/mol. The smallest absolute Gasteiger partial charge is 0.316 e. The Kier molecular flexibility index (Phi) is 3.87. The average Bonchev–Trinajstić information content (AvgIpc) is 1.35. The summed E-state index contributed by atoms with van der Waals surface area (Å²) in [6.07, 6.45) is 0. The number of hydrogen-bond acceptors (Lipinski definition) is 2. The molecule has 0 heterocycles. The molecule has 0 bridgehead atoms. The summed E-state index contributed by atoms with van der Waals surface area (Å²) in [5, 5.41) is 0. The Morgan fingerprint density at radius 1 is 2.00 bits per heavy atom. The molecule has 4 heteroatoms. The Balaban J connectivity index is 2.63. The molecule has 0 aromatic rings. The minimum absolute atomic E-state index is 0.115. The van der Waals surface area contributed by atoms with Gasteiger partial charge in [-0.1, -0.05) is 11.6 Å². The van der Waals surface area contributed by atoms with Gasteiger partial charge in [0.05, 0.1) is 0 Å². The molecule has 0 aliphatic rings. The minimum Gasteiger partial charge on any atom is -0.413 e. The van der Waals surface area contributed by atoms with E-state index in [2.05, 4.69) is 4.43 Å². The van der Waals surface area contributed by atoms with E-state index in [1.54, 1.807) is 6.55 Å². The van der Waals surface area contributed by atoms with Crippen molar-refractivity contribution >= 4 is 20.9 Å². The molecule has 0 rings (SSSR count). The third kappa shape index (κ3) is 4.43. The zero-order valence-corrected chi connectivity index (χ0v) is 5.43. The van der Waals surface area contributed by atoms with Crippen LogP contribution in [0.15, 0.2) is 0 Å². The molecule has 0 radical (unpaired) electrons. The van der Waals surface area contributed by atoms with Crippen LogP contribution in [0.5, 0.6) is 0 Å². The standard InChI is InChI=1S/C2H7ClO2Si/c1-6(4)5-2-3/h4,6H,2H2,1H3. The van der Waals surface area contributed by atoms with Crippen LogP contribution in [0.1, 0.15) is 0 Å². The van der Waals surface area contributed by atoms with E-state index in [4.69, 9.17) is 16.4 Å². The molecule has 0 saturated carbocycles. The molecule has 2 nitrogen and oxygen atoms in total. The molecule has 1 atom stereocenters. The Hall–Kier alpha value is 0.427. The fourth-order valence-corrected chi connectivity index (χ4v) is 0.820. The number of rotatable bonds is 2. The molecular formula is C2H7ClO2Si. The topological polar surface area (TPSA) is 29.5 Å². The van der Waals surface area contributed by atoms with Crippen molar-refractivity contribution in [1.29, 1.82) is 0 Å². The van der Waals surface area contributed by atoms with Crippen LogP contribution < -0.4 is 0 Å². The molecule has 0 fully saturated rings. The van der Waals surface area contributed by atoms with Crippen LogP contribution in [-0.4, -0.2) is 20.1 Å². The van der Waals surface area contributed by atoms with E-state index in [9.17, 15) is 0 Å². The summed E-state index contributed by atoms with van der Waals surface area (Å²) in [6, 6.07) is 0.115. The molecule has 0 saturated heterocycles. The Morgan fingerprint density at radius 3 is 2.50 bits per heavy atom. The molecule has 0 aliphatic carbocycles. The van der Waals surface area contributed by atoms with E-state index in [1.165, 1.54) is 0 Å². The van der Waals surface area contributed by atoms with Crippen molar-refractivity contribution in [3.63, 3.8) is 0 Å². The van der Waals surface area contributed by atoms with Crippen molar-refractivity contribution in [3.8, 4) is 0 Å². The third-order valence-corrected chi connectivity index (χ3v) is 1.29. The molecular weight excluding hydrogens is 120 g/mol. The van der Waals surface area contributed by atoms with E-state index in [0.717, 1.165) is 0 Å². The summed E-state index contributed by atoms with van der Waals surface area (Å²) in [5.74, 6) is 0. The first-order chi connectivity index (χ1) is 2.77. The Labute approximate surface area is 43.5 Å². The fourth-order valence-electron chi connectivity index (χ4n) is 0.0912. The Morgan fingerprint density at radius 2 is 2.50 bits per heavy atom. The summed E-state index contributed by atoms with van der Waals surface area (Å²) in [6.45, 7) is 1.64. The van der Waals surface area contributed by atoms with E-state index >= 15 is 0 Å². The molecule has 0 spiro atoms. The summed E-state index contributed by atoms with van der Waals surface area (Å²) in [7, 11) is -1.80. The zero-order chi connectivity index (χ0) is 4.99. The largest absolute Gasteiger partial charge is 0.413 e. The lowest BCUT2D eigenvalue weighted by molar-refractivity contribution is 0.316. The van der Waals surface area contributed by atoms with Crippen molar-refractivity contribution in [2.75, 3.05) is 6.07 Å². The first kappa shape index (κ1) is 6.43. The first-order valence-electron chi connectivity index (χ1n) is 1.63. The maximum absolute atomic E-state index is 8.38. The fraction of sp³-hybridized carbons (Fsp3) is 1.00. The van der Waals surface area contributed by atoms with Crippen molar-refractivity contribution in [2.45, 2.75) is 6.55 Å². The summed E-state index contributed by atoms with van der Waals surface area (Å²) in [4.78, 5) is 8.38. The third-order valence-electron chi connectivity index (χ3n) is 0.304. The predicted octanol–water partition coefficient (Wildman–Crippen LogP) is 0.0419. The first-order valence-corrected chi connectivity index (χ1v) is 4.30. The normalized spacial score (nSPS) is 14.5.